The number of halogens is 1. The smallest absolute Gasteiger partial charge is 0.335 e. The second kappa shape index (κ2) is 5.02. The quantitative estimate of drug-likeness (QED) is 0.772. The van der Waals surface area contributed by atoms with Gasteiger partial charge in [-0.25, -0.2) is 14.8 Å². The van der Waals surface area contributed by atoms with Crippen molar-refractivity contribution in [1.82, 2.24) is 19.7 Å². The summed E-state index contributed by atoms with van der Waals surface area (Å²) in [6.07, 6.45) is 3.07. The third-order valence-corrected chi connectivity index (χ3v) is 3.31. The normalized spacial score (nSPS) is 10.8. The molecule has 0 aliphatic rings. The number of hydrogen-bond donors (Lipinski definition) is 2. The van der Waals surface area contributed by atoms with Crippen LogP contribution in [0.5, 0.6) is 0 Å². The van der Waals surface area contributed by atoms with Crippen molar-refractivity contribution in [2.45, 2.75) is 0 Å². The lowest BCUT2D eigenvalue weighted by atomic mass is 10.2. The van der Waals surface area contributed by atoms with Crippen LogP contribution in [-0.2, 0) is 7.05 Å². The Morgan fingerprint density at radius 3 is 2.90 bits per heavy atom. The number of nitrogens with one attached hydrogen (secondary N) is 1. The third-order valence-electron chi connectivity index (χ3n) is 3.00. The molecule has 8 heteroatoms. The molecule has 0 saturated carbocycles. The van der Waals surface area contributed by atoms with E-state index in [1.54, 1.807) is 24.0 Å². The molecule has 0 saturated heterocycles. The van der Waals surface area contributed by atoms with E-state index in [2.05, 4.69) is 20.4 Å². The number of aryl methyl sites for hydroxylation is 1. The summed E-state index contributed by atoms with van der Waals surface area (Å²) in [4.78, 5) is 19.2. The number of carboxylic acids is 1. The highest BCUT2D eigenvalue weighted by Crippen LogP contribution is 2.28. The van der Waals surface area contributed by atoms with Crippen molar-refractivity contribution < 1.29 is 9.90 Å². The molecule has 2 N–H and O–H groups in total. The molecule has 3 rings (SSSR count). The Kier molecular flexibility index (Phi) is 3.19. The molecule has 3 aromatic rings. The van der Waals surface area contributed by atoms with E-state index in [4.69, 9.17) is 16.7 Å². The van der Waals surface area contributed by atoms with Gasteiger partial charge in [0.1, 0.15) is 12.1 Å². The van der Waals surface area contributed by atoms with E-state index in [9.17, 15) is 4.79 Å². The van der Waals surface area contributed by atoms with E-state index in [0.29, 0.717) is 22.2 Å². The number of benzene rings is 1. The van der Waals surface area contributed by atoms with Crippen LogP contribution >= 0.6 is 11.6 Å². The molecule has 0 aliphatic carbocycles. The Hall–Kier alpha value is -2.67. The molecule has 0 spiro atoms. The SMILES string of the molecule is Cn1ncc2c(Nc3ccc(C(=O)O)cc3Cl)ncnc21. The van der Waals surface area contributed by atoms with Crippen molar-refractivity contribution in [3.05, 3.63) is 41.3 Å². The standard InChI is InChI=1S/C13H10ClN5O2/c1-19-12-8(5-17-19)11(15-6-16-12)18-10-3-2-7(13(20)21)4-9(10)14/h2-6H,1H3,(H,20,21)(H,15,16,18). The van der Waals surface area contributed by atoms with Crippen LogP contribution in [0.15, 0.2) is 30.7 Å². The number of nitrogens with zero attached hydrogens (tertiary/aromatic N) is 4. The van der Waals surface area contributed by atoms with Gasteiger partial charge in [0.25, 0.3) is 0 Å². The molecule has 1 aromatic carbocycles. The number of anilines is 2. The molecule has 0 atom stereocenters. The largest absolute Gasteiger partial charge is 0.478 e. The van der Waals surface area contributed by atoms with Gasteiger partial charge < -0.3 is 10.4 Å². The Balaban J connectivity index is 2.01. The van der Waals surface area contributed by atoms with Gasteiger partial charge in [-0.15, -0.1) is 0 Å². The fourth-order valence-corrected chi connectivity index (χ4v) is 2.17. The van der Waals surface area contributed by atoms with Crippen molar-refractivity contribution in [2.24, 2.45) is 7.05 Å². The summed E-state index contributed by atoms with van der Waals surface area (Å²) in [7, 11) is 1.79. The number of carboxylic acid groups (broad SMARTS) is 1. The lowest BCUT2D eigenvalue weighted by molar-refractivity contribution is 0.0697. The zero-order valence-corrected chi connectivity index (χ0v) is 11.7. The highest BCUT2D eigenvalue weighted by Gasteiger charge is 2.11. The Labute approximate surface area is 124 Å². The van der Waals surface area contributed by atoms with Gasteiger partial charge in [0.05, 0.1) is 27.9 Å². The minimum Gasteiger partial charge on any atom is -0.478 e. The summed E-state index contributed by atoms with van der Waals surface area (Å²) in [5.74, 6) is -0.474. The van der Waals surface area contributed by atoms with Crippen molar-refractivity contribution >= 4 is 40.1 Å². The van der Waals surface area contributed by atoms with Crippen LogP contribution in [0.1, 0.15) is 10.4 Å². The molecule has 0 radical (unpaired) electrons. The summed E-state index contributed by atoms with van der Waals surface area (Å²) >= 11 is 6.09. The molecular formula is C13H10ClN5O2. The predicted octanol–water partition coefficient (Wildman–Crippen LogP) is 2.46. The lowest BCUT2D eigenvalue weighted by Gasteiger charge is -2.08. The molecule has 2 aromatic heterocycles. The van der Waals surface area contributed by atoms with Gasteiger partial charge in [-0.3, -0.25) is 4.68 Å². The molecule has 106 valence electrons. The summed E-state index contributed by atoms with van der Waals surface area (Å²) in [5, 5.41) is 17.2. The zero-order chi connectivity index (χ0) is 15.0. The summed E-state index contributed by atoms with van der Waals surface area (Å²) in [5.41, 5.74) is 1.37. The van der Waals surface area contributed by atoms with Gasteiger partial charge in [-0.05, 0) is 18.2 Å². The van der Waals surface area contributed by atoms with E-state index in [1.807, 2.05) is 0 Å². The first-order valence-corrected chi connectivity index (χ1v) is 6.36. The van der Waals surface area contributed by atoms with Gasteiger partial charge in [-0.1, -0.05) is 11.6 Å². The van der Waals surface area contributed by atoms with Crippen LogP contribution in [0.2, 0.25) is 5.02 Å². The number of carbonyl (C=O) groups is 1. The van der Waals surface area contributed by atoms with Gasteiger partial charge in [-0.2, -0.15) is 5.10 Å². The Morgan fingerprint density at radius 2 is 2.19 bits per heavy atom. The molecule has 0 fully saturated rings. The number of hydrogen-bond acceptors (Lipinski definition) is 5. The van der Waals surface area contributed by atoms with Crippen LogP contribution in [0.4, 0.5) is 11.5 Å². The second-order valence-electron chi connectivity index (χ2n) is 4.35. The van der Waals surface area contributed by atoms with Gasteiger partial charge in [0.2, 0.25) is 0 Å². The maximum Gasteiger partial charge on any atom is 0.335 e. The molecule has 21 heavy (non-hydrogen) atoms. The van der Waals surface area contributed by atoms with Crippen LogP contribution in [0.25, 0.3) is 11.0 Å². The zero-order valence-electron chi connectivity index (χ0n) is 10.9. The summed E-state index contributed by atoms with van der Waals surface area (Å²) < 4.78 is 1.64. The van der Waals surface area contributed by atoms with E-state index in [-0.39, 0.29) is 5.56 Å². The van der Waals surface area contributed by atoms with Crippen LogP contribution in [-0.4, -0.2) is 30.8 Å². The van der Waals surface area contributed by atoms with E-state index >= 15 is 0 Å². The first-order chi connectivity index (χ1) is 10.1. The van der Waals surface area contributed by atoms with Crippen molar-refractivity contribution in [3.63, 3.8) is 0 Å². The van der Waals surface area contributed by atoms with Crippen LogP contribution in [0.3, 0.4) is 0 Å². The third kappa shape index (κ3) is 2.38. The minimum absolute atomic E-state index is 0.125. The molecule has 2 heterocycles. The van der Waals surface area contributed by atoms with Gasteiger partial charge in [0, 0.05) is 7.05 Å². The topological polar surface area (TPSA) is 92.9 Å². The second-order valence-corrected chi connectivity index (χ2v) is 4.76. The summed E-state index contributed by atoms with van der Waals surface area (Å²) in [6.45, 7) is 0. The highest BCUT2D eigenvalue weighted by molar-refractivity contribution is 6.33. The molecule has 0 unspecified atom stereocenters. The average molecular weight is 304 g/mol. The number of rotatable bonds is 3. The number of fused-ring (bicyclic) bond motifs is 1. The highest BCUT2D eigenvalue weighted by atomic mass is 35.5. The Bertz CT molecular complexity index is 846. The first-order valence-electron chi connectivity index (χ1n) is 5.99. The van der Waals surface area contributed by atoms with E-state index < -0.39 is 5.97 Å². The van der Waals surface area contributed by atoms with Crippen LogP contribution in [0, 0.1) is 0 Å². The Morgan fingerprint density at radius 1 is 1.38 bits per heavy atom. The molecule has 0 bridgehead atoms. The molecular weight excluding hydrogens is 294 g/mol. The summed E-state index contributed by atoms with van der Waals surface area (Å²) in [6, 6.07) is 4.45. The van der Waals surface area contributed by atoms with Crippen molar-refractivity contribution in [1.29, 1.82) is 0 Å². The van der Waals surface area contributed by atoms with E-state index in [0.717, 1.165) is 5.39 Å². The van der Waals surface area contributed by atoms with Gasteiger partial charge in [0.15, 0.2) is 5.65 Å². The maximum absolute atomic E-state index is 10.9. The molecule has 7 nitrogen and oxygen atoms in total. The van der Waals surface area contributed by atoms with E-state index in [1.165, 1.54) is 18.5 Å². The number of aromatic carboxylic acids is 1. The monoisotopic (exact) mass is 303 g/mol. The molecule has 0 aliphatic heterocycles. The van der Waals surface area contributed by atoms with Crippen molar-refractivity contribution in [3.8, 4) is 0 Å². The maximum atomic E-state index is 10.9. The van der Waals surface area contributed by atoms with Crippen molar-refractivity contribution in [2.75, 3.05) is 5.32 Å². The number of aromatic nitrogens is 4. The lowest BCUT2D eigenvalue weighted by Crippen LogP contribution is -2.00. The minimum atomic E-state index is -1.03. The average Bonchev–Trinajstić information content (AvgIpc) is 2.84. The first kappa shape index (κ1) is 13.3. The van der Waals surface area contributed by atoms with Gasteiger partial charge >= 0.3 is 5.97 Å². The molecule has 0 amide bonds. The fraction of sp³-hybridized carbons (Fsp3) is 0.0769. The van der Waals surface area contributed by atoms with Crippen LogP contribution < -0.4 is 5.32 Å². The predicted molar refractivity (Wildman–Crippen MR) is 78.0 cm³/mol. The fourth-order valence-electron chi connectivity index (χ4n) is 1.94.